The molecule has 6 heteroatoms. The lowest BCUT2D eigenvalue weighted by molar-refractivity contribution is 0.713. The Balaban J connectivity index is 2.14. The third-order valence-electron chi connectivity index (χ3n) is 3.85. The molecule has 3 aromatic rings. The van der Waals surface area contributed by atoms with Gasteiger partial charge in [-0.2, -0.15) is 0 Å². The van der Waals surface area contributed by atoms with Gasteiger partial charge in [0.1, 0.15) is 15.6 Å². The largest absolute Gasteiger partial charge is 0.389 e. The van der Waals surface area contributed by atoms with Crippen LogP contribution in [0.3, 0.4) is 0 Å². The van der Waals surface area contributed by atoms with E-state index < -0.39 is 0 Å². The van der Waals surface area contributed by atoms with Gasteiger partial charge in [-0.05, 0) is 25.0 Å². The van der Waals surface area contributed by atoms with E-state index in [4.69, 9.17) is 18.0 Å². The first-order valence-corrected chi connectivity index (χ1v) is 8.61. The van der Waals surface area contributed by atoms with Crippen LogP contribution in [-0.4, -0.2) is 14.5 Å². The molecule has 0 amide bonds. The van der Waals surface area contributed by atoms with Crippen LogP contribution >= 0.6 is 23.6 Å². The van der Waals surface area contributed by atoms with E-state index in [0.717, 1.165) is 22.4 Å². The van der Waals surface area contributed by atoms with Gasteiger partial charge in [-0.1, -0.05) is 43.4 Å². The number of nitrogens with zero attached hydrogens (tertiary/aromatic N) is 2. The van der Waals surface area contributed by atoms with E-state index in [1.165, 1.54) is 4.88 Å². The van der Waals surface area contributed by atoms with Crippen LogP contribution in [0.5, 0.6) is 0 Å². The highest BCUT2D eigenvalue weighted by molar-refractivity contribution is 7.80. The van der Waals surface area contributed by atoms with Gasteiger partial charge >= 0.3 is 0 Å². The van der Waals surface area contributed by atoms with E-state index in [2.05, 4.69) is 11.9 Å². The topological polar surface area (TPSA) is 60.9 Å². The Bertz CT molecular complexity index is 956. The molecule has 0 saturated carbocycles. The van der Waals surface area contributed by atoms with E-state index in [1.54, 1.807) is 15.9 Å². The number of rotatable bonds is 4. The summed E-state index contributed by atoms with van der Waals surface area (Å²) < 4.78 is 1.69. The SMILES string of the molecule is CCc1cc2c(=O)n(Cc3ccccc3C(N)=S)c(C)nc2s1. The Hall–Kier alpha value is -2.05. The zero-order chi connectivity index (χ0) is 16.6. The van der Waals surface area contributed by atoms with Gasteiger partial charge in [-0.3, -0.25) is 9.36 Å². The number of fused-ring (bicyclic) bond motifs is 1. The predicted molar refractivity (Wildman–Crippen MR) is 99.4 cm³/mol. The van der Waals surface area contributed by atoms with Gasteiger partial charge in [0.05, 0.1) is 11.9 Å². The standard InChI is InChI=1S/C17H17N3OS2/c1-3-12-8-14-16(23-12)19-10(2)20(17(14)21)9-11-6-4-5-7-13(11)15(18)22/h4-8H,3,9H2,1-2H3,(H2,18,22). The molecule has 0 aliphatic carbocycles. The predicted octanol–water partition coefficient (Wildman–Crippen LogP) is 3.01. The summed E-state index contributed by atoms with van der Waals surface area (Å²) in [6, 6.07) is 9.58. The first-order chi connectivity index (χ1) is 11.0. The van der Waals surface area contributed by atoms with E-state index in [1.807, 2.05) is 37.3 Å². The quantitative estimate of drug-likeness (QED) is 0.740. The van der Waals surface area contributed by atoms with Crippen LogP contribution < -0.4 is 11.3 Å². The molecule has 0 atom stereocenters. The maximum atomic E-state index is 12.8. The minimum Gasteiger partial charge on any atom is -0.389 e. The minimum atomic E-state index is -0.0128. The molecule has 2 aromatic heterocycles. The Labute approximate surface area is 143 Å². The average molecular weight is 343 g/mol. The Morgan fingerprint density at radius 1 is 1.39 bits per heavy atom. The highest BCUT2D eigenvalue weighted by atomic mass is 32.1. The van der Waals surface area contributed by atoms with Gasteiger partial charge in [-0.15, -0.1) is 11.3 Å². The summed E-state index contributed by atoms with van der Waals surface area (Å²) in [5.74, 6) is 0.699. The van der Waals surface area contributed by atoms with Crippen molar-refractivity contribution in [2.45, 2.75) is 26.8 Å². The first-order valence-electron chi connectivity index (χ1n) is 7.38. The second-order valence-corrected chi connectivity index (χ2v) is 6.91. The Morgan fingerprint density at radius 2 is 2.13 bits per heavy atom. The molecule has 23 heavy (non-hydrogen) atoms. The van der Waals surface area contributed by atoms with Crippen LogP contribution in [0, 0.1) is 6.92 Å². The Kier molecular flexibility index (Phi) is 4.28. The normalized spacial score (nSPS) is 11.0. The van der Waals surface area contributed by atoms with Gasteiger partial charge in [0.15, 0.2) is 0 Å². The molecular formula is C17H17N3OS2. The number of benzene rings is 1. The molecule has 0 fully saturated rings. The van der Waals surface area contributed by atoms with Crippen LogP contribution in [0.1, 0.15) is 28.8 Å². The molecular weight excluding hydrogens is 326 g/mol. The van der Waals surface area contributed by atoms with Crippen LogP contribution in [0.25, 0.3) is 10.2 Å². The van der Waals surface area contributed by atoms with Crippen molar-refractivity contribution in [3.8, 4) is 0 Å². The maximum Gasteiger partial charge on any atom is 0.262 e. The molecule has 0 saturated heterocycles. The van der Waals surface area contributed by atoms with Crippen LogP contribution in [0.15, 0.2) is 35.1 Å². The van der Waals surface area contributed by atoms with Crippen molar-refractivity contribution in [1.29, 1.82) is 0 Å². The van der Waals surface area contributed by atoms with Crippen molar-refractivity contribution >= 4 is 38.8 Å². The van der Waals surface area contributed by atoms with Crippen LogP contribution in [0.4, 0.5) is 0 Å². The molecule has 3 rings (SSSR count). The molecule has 2 N–H and O–H groups in total. The molecule has 0 unspecified atom stereocenters. The van der Waals surface area contributed by atoms with Crippen molar-refractivity contribution in [2.24, 2.45) is 5.73 Å². The van der Waals surface area contributed by atoms with Gasteiger partial charge in [0.2, 0.25) is 0 Å². The summed E-state index contributed by atoms with van der Waals surface area (Å²) in [5.41, 5.74) is 7.50. The van der Waals surface area contributed by atoms with Crippen molar-refractivity contribution < 1.29 is 0 Å². The van der Waals surface area contributed by atoms with Crippen molar-refractivity contribution in [3.05, 3.63) is 62.5 Å². The van der Waals surface area contributed by atoms with E-state index in [0.29, 0.717) is 22.7 Å². The summed E-state index contributed by atoms with van der Waals surface area (Å²) in [5, 5.41) is 0.685. The molecule has 118 valence electrons. The number of thiophene rings is 1. The van der Waals surface area contributed by atoms with Gasteiger partial charge < -0.3 is 5.73 Å². The molecule has 2 heterocycles. The molecule has 0 bridgehead atoms. The zero-order valence-electron chi connectivity index (χ0n) is 13.0. The second-order valence-electron chi connectivity index (χ2n) is 5.36. The molecule has 0 aliphatic rings. The van der Waals surface area contributed by atoms with Crippen LogP contribution in [-0.2, 0) is 13.0 Å². The number of aromatic nitrogens is 2. The number of aryl methyl sites for hydroxylation is 2. The van der Waals surface area contributed by atoms with Crippen molar-refractivity contribution in [3.63, 3.8) is 0 Å². The fourth-order valence-corrected chi connectivity index (χ4v) is 3.80. The number of nitrogens with two attached hydrogens (primary N) is 1. The zero-order valence-corrected chi connectivity index (χ0v) is 14.6. The lowest BCUT2D eigenvalue weighted by atomic mass is 10.1. The number of thiocarbonyl (C=S) groups is 1. The van der Waals surface area contributed by atoms with Crippen LogP contribution in [0.2, 0.25) is 0 Å². The third-order valence-corrected chi connectivity index (χ3v) is 5.25. The maximum absolute atomic E-state index is 12.8. The summed E-state index contributed by atoms with van der Waals surface area (Å²) in [4.78, 5) is 19.7. The van der Waals surface area contributed by atoms with Crippen molar-refractivity contribution in [1.82, 2.24) is 9.55 Å². The summed E-state index contributed by atoms with van der Waals surface area (Å²) in [6.07, 6.45) is 0.907. The molecule has 4 nitrogen and oxygen atoms in total. The average Bonchev–Trinajstić information content (AvgIpc) is 2.95. The van der Waals surface area contributed by atoms with Gasteiger partial charge in [0, 0.05) is 10.4 Å². The number of hydrogen-bond acceptors (Lipinski definition) is 4. The fourth-order valence-electron chi connectivity index (χ4n) is 2.60. The number of hydrogen-bond donors (Lipinski definition) is 1. The Morgan fingerprint density at radius 3 is 2.83 bits per heavy atom. The summed E-state index contributed by atoms with van der Waals surface area (Å²) >= 11 is 6.69. The van der Waals surface area contributed by atoms with Gasteiger partial charge in [-0.25, -0.2) is 4.98 Å². The molecule has 0 aliphatic heterocycles. The first kappa shape index (κ1) is 15.8. The lowest BCUT2D eigenvalue weighted by Crippen LogP contribution is -2.25. The fraction of sp³-hybridized carbons (Fsp3) is 0.235. The highest BCUT2D eigenvalue weighted by Gasteiger charge is 2.13. The van der Waals surface area contributed by atoms with Gasteiger partial charge in [0.25, 0.3) is 5.56 Å². The second kappa shape index (κ2) is 6.22. The summed E-state index contributed by atoms with van der Waals surface area (Å²) in [7, 11) is 0. The summed E-state index contributed by atoms with van der Waals surface area (Å²) in [6.45, 7) is 4.35. The highest BCUT2D eigenvalue weighted by Crippen LogP contribution is 2.22. The molecule has 0 spiro atoms. The van der Waals surface area contributed by atoms with E-state index in [-0.39, 0.29) is 5.56 Å². The van der Waals surface area contributed by atoms with E-state index >= 15 is 0 Å². The van der Waals surface area contributed by atoms with Crippen molar-refractivity contribution in [2.75, 3.05) is 0 Å². The third kappa shape index (κ3) is 2.92. The molecule has 0 radical (unpaired) electrons. The lowest BCUT2D eigenvalue weighted by Gasteiger charge is -2.12. The molecule has 1 aromatic carbocycles. The smallest absolute Gasteiger partial charge is 0.262 e. The minimum absolute atomic E-state index is 0.0128. The van der Waals surface area contributed by atoms with E-state index in [9.17, 15) is 4.79 Å². The monoisotopic (exact) mass is 343 g/mol.